The summed E-state index contributed by atoms with van der Waals surface area (Å²) in [5.41, 5.74) is -0.0686. The minimum atomic E-state index is -0.0686. The lowest BCUT2D eigenvalue weighted by atomic mass is 9.90. The van der Waals surface area contributed by atoms with E-state index >= 15 is 0 Å². The summed E-state index contributed by atoms with van der Waals surface area (Å²) >= 11 is 0. The minimum Gasteiger partial charge on any atom is -0.359 e. The molecule has 2 rings (SSSR count). The SMILES string of the molecule is CCN1CCCC(CC2(C)NC(C)CO2)C1.Cl. The molecule has 3 nitrogen and oxygen atoms in total. The van der Waals surface area contributed by atoms with Crippen molar-refractivity contribution in [2.45, 2.75) is 51.8 Å². The van der Waals surface area contributed by atoms with E-state index in [1.165, 1.54) is 32.5 Å². The molecule has 0 spiro atoms. The number of hydrogen-bond donors (Lipinski definition) is 1. The van der Waals surface area contributed by atoms with Crippen molar-refractivity contribution < 1.29 is 4.74 Å². The molecule has 0 radical (unpaired) electrons. The van der Waals surface area contributed by atoms with Crippen LogP contribution < -0.4 is 5.32 Å². The van der Waals surface area contributed by atoms with Crippen LogP contribution in [0.15, 0.2) is 0 Å². The fourth-order valence-electron chi connectivity index (χ4n) is 3.19. The summed E-state index contributed by atoms with van der Waals surface area (Å²) in [4.78, 5) is 2.57. The predicted octanol–water partition coefficient (Wildman–Crippen LogP) is 2.25. The molecule has 2 aliphatic rings. The summed E-state index contributed by atoms with van der Waals surface area (Å²) in [6.07, 6.45) is 3.88. The molecule has 102 valence electrons. The van der Waals surface area contributed by atoms with Gasteiger partial charge in [-0.05, 0) is 52.1 Å². The molecule has 0 amide bonds. The Labute approximate surface area is 112 Å². The van der Waals surface area contributed by atoms with Gasteiger partial charge in [0.05, 0.1) is 6.61 Å². The molecule has 2 heterocycles. The van der Waals surface area contributed by atoms with Gasteiger partial charge in [0.15, 0.2) is 0 Å². The van der Waals surface area contributed by atoms with Gasteiger partial charge in [0.1, 0.15) is 5.72 Å². The maximum absolute atomic E-state index is 5.89. The average molecular weight is 263 g/mol. The molecule has 4 heteroatoms. The van der Waals surface area contributed by atoms with E-state index in [4.69, 9.17) is 4.74 Å². The molecule has 1 N–H and O–H groups in total. The van der Waals surface area contributed by atoms with Gasteiger partial charge in [0.25, 0.3) is 0 Å². The van der Waals surface area contributed by atoms with Crippen molar-refractivity contribution >= 4 is 12.4 Å². The molecule has 17 heavy (non-hydrogen) atoms. The minimum absolute atomic E-state index is 0. The zero-order chi connectivity index (χ0) is 11.6. The van der Waals surface area contributed by atoms with Crippen LogP contribution in [0.3, 0.4) is 0 Å². The first-order chi connectivity index (χ1) is 7.61. The number of piperidine rings is 1. The standard InChI is InChI=1S/C13H26N2O.ClH/c1-4-15-7-5-6-12(9-15)8-13(3)14-11(2)10-16-13;/h11-12,14H,4-10H2,1-3H3;1H. The Balaban J connectivity index is 0.00000144. The van der Waals surface area contributed by atoms with Crippen LogP contribution in [-0.2, 0) is 4.74 Å². The molecule has 3 unspecified atom stereocenters. The van der Waals surface area contributed by atoms with Crippen LogP contribution in [0.5, 0.6) is 0 Å². The van der Waals surface area contributed by atoms with Crippen molar-refractivity contribution in [3.05, 3.63) is 0 Å². The maximum atomic E-state index is 5.89. The monoisotopic (exact) mass is 262 g/mol. The zero-order valence-corrected chi connectivity index (χ0v) is 12.2. The van der Waals surface area contributed by atoms with E-state index in [0.29, 0.717) is 6.04 Å². The Morgan fingerprint density at radius 3 is 2.82 bits per heavy atom. The lowest BCUT2D eigenvalue weighted by Crippen LogP contribution is -2.45. The molecule has 3 atom stereocenters. The van der Waals surface area contributed by atoms with E-state index in [1.54, 1.807) is 0 Å². The Bertz CT molecular complexity index is 239. The Hall–Kier alpha value is 0.170. The predicted molar refractivity (Wildman–Crippen MR) is 73.7 cm³/mol. The Morgan fingerprint density at radius 1 is 1.47 bits per heavy atom. The fraction of sp³-hybridized carbons (Fsp3) is 1.00. The molecule has 2 saturated heterocycles. The van der Waals surface area contributed by atoms with Crippen molar-refractivity contribution in [2.24, 2.45) is 5.92 Å². The highest BCUT2D eigenvalue weighted by Crippen LogP contribution is 2.29. The fourth-order valence-corrected chi connectivity index (χ4v) is 3.19. The normalized spacial score (nSPS) is 39.0. The van der Waals surface area contributed by atoms with Gasteiger partial charge < -0.3 is 9.64 Å². The van der Waals surface area contributed by atoms with Gasteiger partial charge in [0.2, 0.25) is 0 Å². The van der Waals surface area contributed by atoms with E-state index in [0.717, 1.165) is 18.9 Å². The Morgan fingerprint density at radius 2 is 2.24 bits per heavy atom. The molecule has 0 aromatic heterocycles. The van der Waals surface area contributed by atoms with Crippen LogP contribution in [0.2, 0.25) is 0 Å². The molecule has 0 bridgehead atoms. The highest BCUT2D eigenvalue weighted by Gasteiger charge is 2.36. The first-order valence-corrected chi connectivity index (χ1v) is 6.75. The highest BCUT2D eigenvalue weighted by atomic mass is 35.5. The van der Waals surface area contributed by atoms with Crippen LogP contribution in [0.1, 0.15) is 40.0 Å². The van der Waals surface area contributed by atoms with Crippen molar-refractivity contribution in [3.8, 4) is 0 Å². The third-order valence-corrected chi connectivity index (χ3v) is 3.93. The second-order valence-electron chi connectivity index (χ2n) is 5.69. The topological polar surface area (TPSA) is 24.5 Å². The van der Waals surface area contributed by atoms with Crippen LogP contribution >= 0.6 is 12.4 Å². The smallest absolute Gasteiger partial charge is 0.117 e. The van der Waals surface area contributed by atoms with Crippen molar-refractivity contribution in [2.75, 3.05) is 26.2 Å². The molecule has 0 aromatic carbocycles. The number of ether oxygens (including phenoxy) is 1. The molecule has 2 fully saturated rings. The largest absolute Gasteiger partial charge is 0.359 e. The van der Waals surface area contributed by atoms with Crippen LogP contribution in [-0.4, -0.2) is 42.9 Å². The average Bonchev–Trinajstić information content (AvgIpc) is 2.58. The van der Waals surface area contributed by atoms with Crippen LogP contribution in [0.4, 0.5) is 0 Å². The zero-order valence-electron chi connectivity index (χ0n) is 11.4. The number of nitrogens with zero attached hydrogens (tertiary/aromatic N) is 1. The molecule has 0 aromatic rings. The first kappa shape index (κ1) is 15.2. The van der Waals surface area contributed by atoms with E-state index in [-0.39, 0.29) is 18.1 Å². The highest BCUT2D eigenvalue weighted by molar-refractivity contribution is 5.85. The lowest BCUT2D eigenvalue weighted by Gasteiger charge is -2.36. The van der Waals surface area contributed by atoms with Gasteiger partial charge in [0, 0.05) is 12.6 Å². The van der Waals surface area contributed by atoms with Crippen molar-refractivity contribution in [1.82, 2.24) is 10.2 Å². The van der Waals surface area contributed by atoms with Gasteiger partial charge >= 0.3 is 0 Å². The van der Waals surface area contributed by atoms with Gasteiger partial charge in [-0.3, -0.25) is 5.32 Å². The van der Waals surface area contributed by atoms with E-state index in [9.17, 15) is 0 Å². The van der Waals surface area contributed by atoms with Gasteiger partial charge in [-0.2, -0.15) is 0 Å². The molecular formula is C13H27ClN2O. The van der Waals surface area contributed by atoms with E-state index in [2.05, 4.69) is 31.0 Å². The third kappa shape index (κ3) is 4.09. The Kier molecular flexibility index (Phi) is 5.71. The number of nitrogens with one attached hydrogen (secondary N) is 1. The summed E-state index contributed by atoms with van der Waals surface area (Å²) < 4.78 is 5.89. The van der Waals surface area contributed by atoms with E-state index in [1.807, 2.05) is 0 Å². The number of halogens is 1. The van der Waals surface area contributed by atoms with Crippen molar-refractivity contribution in [1.29, 1.82) is 0 Å². The second kappa shape index (κ2) is 6.37. The molecule has 2 aliphatic heterocycles. The molecule has 0 aliphatic carbocycles. The van der Waals surface area contributed by atoms with Crippen LogP contribution in [0, 0.1) is 5.92 Å². The lowest BCUT2D eigenvalue weighted by molar-refractivity contribution is -0.0222. The van der Waals surface area contributed by atoms with Crippen LogP contribution in [0.25, 0.3) is 0 Å². The summed E-state index contributed by atoms with van der Waals surface area (Å²) in [5.74, 6) is 0.802. The summed E-state index contributed by atoms with van der Waals surface area (Å²) in [5, 5.41) is 3.57. The second-order valence-corrected chi connectivity index (χ2v) is 5.69. The number of hydrogen-bond acceptors (Lipinski definition) is 3. The van der Waals surface area contributed by atoms with Crippen molar-refractivity contribution in [3.63, 3.8) is 0 Å². The number of likely N-dealkylation sites (tertiary alicyclic amines) is 1. The first-order valence-electron chi connectivity index (χ1n) is 6.75. The molecular weight excluding hydrogens is 236 g/mol. The van der Waals surface area contributed by atoms with E-state index < -0.39 is 0 Å². The van der Waals surface area contributed by atoms with Gasteiger partial charge in [-0.25, -0.2) is 0 Å². The summed E-state index contributed by atoms with van der Waals surface area (Å²) in [7, 11) is 0. The quantitative estimate of drug-likeness (QED) is 0.845. The van der Waals surface area contributed by atoms with Gasteiger partial charge in [-0.1, -0.05) is 6.92 Å². The summed E-state index contributed by atoms with van der Waals surface area (Å²) in [6, 6.07) is 0.510. The maximum Gasteiger partial charge on any atom is 0.117 e. The summed E-state index contributed by atoms with van der Waals surface area (Å²) in [6.45, 7) is 11.3. The number of rotatable bonds is 3. The molecule has 0 saturated carbocycles. The van der Waals surface area contributed by atoms with Gasteiger partial charge in [-0.15, -0.1) is 12.4 Å². The third-order valence-electron chi connectivity index (χ3n) is 3.93.